The van der Waals surface area contributed by atoms with E-state index in [1.165, 1.54) is 57.1 Å². The Morgan fingerprint density at radius 3 is 2.04 bits per heavy atom. The van der Waals surface area contributed by atoms with Gasteiger partial charge in [0.2, 0.25) is 0 Å². The smallest absolute Gasteiger partial charge is 0.416 e. The predicted octanol–water partition coefficient (Wildman–Crippen LogP) is 5.57. The van der Waals surface area contributed by atoms with Crippen LogP contribution < -0.4 is 10.1 Å². The van der Waals surface area contributed by atoms with E-state index in [4.69, 9.17) is 4.74 Å². The predicted molar refractivity (Wildman–Crippen MR) is 92.7 cm³/mol. The van der Waals surface area contributed by atoms with Crippen molar-refractivity contribution >= 4 is 0 Å². The molecule has 2 aliphatic carbocycles. The van der Waals surface area contributed by atoms with Gasteiger partial charge in [0.25, 0.3) is 0 Å². The fourth-order valence-corrected chi connectivity index (χ4v) is 4.05. The van der Waals surface area contributed by atoms with Crippen molar-refractivity contribution in [2.24, 2.45) is 5.92 Å². The lowest BCUT2D eigenvalue weighted by Crippen LogP contribution is -2.41. The Kier molecular flexibility index (Phi) is 6.26. The lowest BCUT2D eigenvalue weighted by atomic mass is 9.85. The van der Waals surface area contributed by atoms with Gasteiger partial charge in [-0.2, -0.15) is 13.2 Å². The third kappa shape index (κ3) is 5.63. The van der Waals surface area contributed by atoms with Gasteiger partial charge in [-0.05, 0) is 68.7 Å². The normalized spacial score (nSPS) is 25.7. The molecule has 1 aromatic carbocycles. The Bertz CT molecular complexity index is 515. The molecule has 2 aliphatic rings. The molecule has 140 valence electrons. The first-order chi connectivity index (χ1) is 12.0. The Morgan fingerprint density at radius 1 is 0.840 bits per heavy atom. The van der Waals surface area contributed by atoms with Crippen LogP contribution in [-0.4, -0.2) is 18.7 Å². The summed E-state index contributed by atoms with van der Waals surface area (Å²) >= 11 is 0. The average Bonchev–Trinajstić information content (AvgIpc) is 2.62. The van der Waals surface area contributed by atoms with Crippen LogP contribution in [0.5, 0.6) is 5.75 Å². The Morgan fingerprint density at radius 2 is 1.44 bits per heavy atom. The van der Waals surface area contributed by atoms with Crippen molar-refractivity contribution in [1.29, 1.82) is 0 Å². The van der Waals surface area contributed by atoms with Crippen LogP contribution in [0.4, 0.5) is 13.2 Å². The van der Waals surface area contributed by atoms with E-state index in [2.05, 4.69) is 5.32 Å². The quantitative estimate of drug-likeness (QED) is 0.746. The Balaban J connectivity index is 1.37. The van der Waals surface area contributed by atoms with E-state index in [9.17, 15) is 13.2 Å². The van der Waals surface area contributed by atoms with Crippen molar-refractivity contribution < 1.29 is 17.9 Å². The number of ether oxygens (including phenoxy) is 1. The molecular weight excluding hydrogens is 327 g/mol. The van der Waals surface area contributed by atoms with Gasteiger partial charge in [0, 0.05) is 12.1 Å². The van der Waals surface area contributed by atoms with E-state index in [-0.39, 0.29) is 0 Å². The van der Waals surface area contributed by atoms with Crippen LogP contribution in [-0.2, 0) is 6.18 Å². The zero-order valence-corrected chi connectivity index (χ0v) is 14.7. The number of nitrogens with one attached hydrogen (secondary N) is 1. The summed E-state index contributed by atoms with van der Waals surface area (Å²) in [5, 5.41) is 3.83. The molecule has 0 atom stereocenters. The molecule has 0 spiro atoms. The van der Waals surface area contributed by atoms with E-state index >= 15 is 0 Å². The summed E-state index contributed by atoms with van der Waals surface area (Å²) in [6.45, 7) is 0.599. The van der Waals surface area contributed by atoms with Gasteiger partial charge < -0.3 is 10.1 Å². The first-order valence-electron chi connectivity index (χ1n) is 9.57. The van der Waals surface area contributed by atoms with Crippen molar-refractivity contribution in [2.45, 2.75) is 76.0 Å². The third-order valence-electron chi connectivity index (χ3n) is 5.59. The van der Waals surface area contributed by atoms with Gasteiger partial charge in [-0.3, -0.25) is 0 Å². The molecule has 0 saturated heterocycles. The number of hydrogen-bond donors (Lipinski definition) is 1. The van der Waals surface area contributed by atoms with Gasteiger partial charge in [-0.1, -0.05) is 19.3 Å². The number of alkyl halides is 3. The maximum atomic E-state index is 12.6. The number of hydrogen-bond acceptors (Lipinski definition) is 2. The molecule has 2 saturated carbocycles. The molecule has 0 amide bonds. The summed E-state index contributed by atoms with van der Waals surface area (Å²) in [7, 11) is 0. The first kappa shape index (κ1) is 18.6. The molecule has 0 unspecified atom stereocenters. The zero-order chi connectivity index (χ0) is 17.7. The second kappa shape index (κ2) is 8.43. The minimum atomic E-state index is -4.29. The monoisotopic (exact) mass is 355 g/mol. The topological polar surface area (TPSA) is 21.3 Å². The lowest BCUT2D eigenvalue weighted by Gasteiger charge is -2.33. The standard InChI is InChI=1S/C20H28F3NO/c21-20(22,23)16-8-12-19(13-9-16)25-14-15-6-10-18(11-7-15)24-17-4-2-1-3-5-17/h8-9,12-13,15,17-18,24H,1-7,10-11,14H2. The largest absolute Gasteiger partial charge is 0.493 e. The summed E-state index contributed by atoms with van der Waals surface area (Å²) in [6, 6.07) is 6.34. The molecule has 3 rings (SSSR count). The summed E-state index contributed by atoms with van der Waals surface area (Å²) in [6.07, 6.45) is 7.05. The van der Waals surface area contributed by atoms with Crippen molar-refractivity contribution in [1.82, 2.24) is 5.32 Å². The second-order valence-corrected chi connectivity index (χ2v) is 7.55. The molecule has 1 aromatic rings. The molecule has 0 aromatic heterocycles. The molecule has 2 nitrogen and oxygen atoms in total. The fraction of sp³-hybridized carbons (Fsp3) is 0.700. The highest BCUT2D eigenvalue weighted by Crippen LogP contribution is 2.31. The number of benzene rings is 1. The molecule has 5 heteroatoms. The molecule has 0 heterocycles. The minimum Gasteiger partial charge on any atom is -0.493 e. The zero-order valence-electron chi connectivity index (χ0n) is 14.7. The molecule has 0 radical (unpaired) electrons. The highest BCUT2D eigenvalue weighted by atomic mass is 19.4. The SMILES string of the molecule is FC(F)(F)c1ccc(OCC2CCC(NC3CCCCC3)CC2)cc1. The maximum absolute atomic E-state index is 12.6. The van der Waals surface area contributed by atoms with Gasteiger partial charge in [0.15, 0.2) is 0 Å². The first-order valence-corrected chi connectivity index (χ1v) is 9.57. The van der Waals surface area contributed by atoms with E-state index in [0.717, 1.165) is 25.0 Å². The Labute approximate surface area is 148 Å². The van der Waals surface area contributed by atoms with Crippen LogP contribution in [0.15, 0.2) is 24.3 Å². The highest BCUT2D eigenvalue weighted by Gasteiger charge is 2.30. The van der Waals surface area contributed by atoms with E-state index in [1.807, 2.05) is 0 Å². The van der Waals surface area contributed by atoms with Crippen molar-refractivity contribution in [3.63, 3.8) is 0 Å². The van der Waals surface area contributed by atoms with Crippen molar-refractivity contribution in [2.75, 3.05) is 6.61 Å². The molecule has 0 bridgehead atoms. The Hall–Kier alpha value is -1.23. The third-order valence-corrected chi connectivity index (χ3v) is 5.59. The summed E-state index contributed by atoms with van der Waals surface area (Å²) < 4.78 is 43.4. The van der Waals surface area contributed by atoms with Gasteiger partial charge >= 0.3 is 6.18 Å². The lowest BCUT2D eigenvalue weighted by molar-refractivity contribution is -0.137. The number of rotatable bonds is 5. The van der Waals surface area contributed by atoms with Crippen LogP contribution in [0.3, 0.4) is 0 Å². The van der Waals surface area contributed by atoms with Crippen LogP contribution in [0.1, 0.15) is 63.4 Å². The second-order valence-electron chi connectivity index (χ2n) is 7.55. The van der Waals surface area contributed by atoms with Gasteiger partial charge in [0.1, 0.15) is 5.75 Å². The van der Waals surface area contributed by atoms with Gasteiger partial charge in [-0.25, -0.2) is 0 Å². The molecular formula is C20H28F3NO. The minimum absolute atomic E-state index is 0.506. The van der Waals surface area contributed by atoms with E-state index < -0.39 is 11.7 Å². The summed E-state index contributed by atoms with van der Waals surface area (Å²) in [5.41, 5.74) is -0.630. The van der Waals surface area contributed by atoms with Crippen molar-refractivity contribution in [3.8, 4) is 5.75 Å². The van der Waals surface area contributed by atoms with E-state index in [0.29, 0.717) is 30.4 Å². The van der Waals surface area contributed by atoms with Crippen LogP contribution >= 0.6 is 0 Å². The summed E-state index contributed by atoms with van der Waals surface area (Å²) in [5.74, 6) is 1.03. The average molecular weight is 355 g/mol. The number of halogens is 3. The van der Waals surface area contributed by atoms with Crippen molar-refractivity contribution in [3.05, 3.63) is 29.8 Å². The molecule has 1 N–H and O–H groups in total. The van der Waals surface area contributed by atoms with Gasteiger partial charge in [0.05, 0.1) is 12.2 Å². The van der Waals surface area contributed by atoms with Gasteiger partial charge in [-0.15, -0.1) is 0 Å². The van der Waals surface area contributed by atoms with Crippen LogP contribution in [0.25, 0.3) is 0 Å². The molecule has 2 fully saturated rings. The summed E-state index contributed by atoms with van der Waals surface area (Å²) in [4.78, 5) is 0. The van der Waals surface area contributed by atoms with Crippen LogP contribution in [0, 0.1) is 5.92 Å². The van der Waals surface area contributed by atoms with E-state index in [1.54, 1.807) is 0 Å². The highest BCUT2D eigenvalue weighted by molar-refractivity contribution is 5.28. The fourth-order valence-electron chi connectivity index (χ4n) is 4.05. The molecule has 0 aliphatic heterocycles. The molecule has 25 heavy (non-hydrogen) atoms. The maximum Gasteiger partial charge on any atom is 0.416 e. The van der Waals surface area contributed by atoms with Crippen LogP contribution in [0.2, 0.25) is 0 Å².